The maximum Gasteiger partial charge on any atom is 0.289 e. The fourth-order valence-electron chi connectivity index (χ4n) is 2.80. The summed E-state index contributed by atoms with van der Waals surface area (Å²) in [4.78, 5) is 10.0. The summed E-state index contributed by atoms with van der Waals surface area (Å²) in [5.41, 5.74) is 0.633. The van der Waals surface area contributed by atoms with Crippen LogP contribution in [0.4, 0.5) is 11.4 Å². The van der Waals surface area contributed by atoms with Gasteiger partial charge in [-0.25, -0.2) is 8.42 Å². The molecule has 2 aromatic carbocycles. The van der Waals surface area contributed by atoms with E-state index in [1.165, 1.54) is 12.1 Å². The van der Waals surface area contributed by atoms with Crippen LogP contribution in [0.15, 0.2) is 35.2 Å². The van der Waals surface area contributed by atoms with Gasteiger partial charge in [-0.15, -0.1) is 0 Å². The maximum atomic E-state index is 12.7. The standard InChI is InChI=1S/C17H17ClN2O6S/c1-3-25-17-7-11-6-10(2)26-16(11)9-14(17)19-27(23,24)12-4-5-13(18)15(8-12)20(21)22/h4-5,7-10,19H,3,6H2,1-2H3. The molecule has 0 bridgehead atoms. The molecular weight excluding hydrogens is 396 g/mol. The zero-order chi connectivity index (χ0) is 19.8. The summed E-state index contributed by atoms with van der Waals surface area (Å²) in [6.45, 7) is 4.04. The lowest BCUT2D eigenvalue weighted by atomic mass is 10.1. The monoisotopic (exact) mass is 412 g/mol. The molecule has 0 aromatic heterocycles. The molecule has 0 amide bonds. The van der Waals surface area contributed by atoms with Crippen LogP contribution in [-0.4, -0.2) is 26.1 Å². The van der Waals surface area contributed by atoms with Crippen LogP contribution in [0.25, 0.3) is 0 Å². The number of fused-ring (bicyclic) bond motifs is 1. The molecule has 0 fully saturated rings. The average molecular weight is 413 g/mol. The second kappa shape index (κ2) is 7.24. The van der Waals surface area contributed by atoms with Gasteiger partial charge in [-0.05, 0) is 32.0 Å². The van der Waals surface area contributed by atoms with E-state index >= 15 is 0 Å². The molecule has 1 aliphatic rings. The highest BCUT2D eigenvalue weighted by molar-refractivity contribution is 7.92. The van der Waals surface area contributed by atoms with E-state index in [1.54, 1.807) is 19.1 Å². The molecule has 1 heterocycles. The third-order valence-corrected chi connectivity index (χ3v) is 5.65. The number of anilines is 1. The van der Waals surface area contributed by atoms with Gasteiger partial charge < -0.3 is 9.47 Å². The molecule has 2 aromatic rings. The van der Waals surface area contributed by atoms with Crippen molar-refractivity contribution in [3.05, 3.63) is 51.0 Å². The van der Waals surface area contributed by atoms with Gasteiger partial charge >= 0.3 is 0 Å². The van der Waals surface area contributed by atoms with Gasteiger partial charge in [0.25, 0.3) is 15.7 Å². The van der Waals surface area contributed by atoms with Crippen molar-refractivity contribution in [1.82, 2.24) is 0 Å². The summed E-state index contributed by atoms with van der Waals surface area (Å²) in [5, 5.41) is 10.9. The number of nitro benzene ring substituents is 1. The molecule has 1 unspecified atom stereocenters. The van der Waals surface area contributed by atoms with Crippen LogP contribution >= 0.6 is 11.6 Å². The average Bonchev–Trinajstić information content (AvgIpc) is 2.94. The van der Waals surface area contributed by atoms with E-state index in [9.17, 15) is 18.5 Å². The zero-order valence-corrected chi connectivity index (χ0v) is 16.1. The lowest BCUT2D eigenvalue weighted by Gasteiger charge is -2.14. The van der Waals surface area contributed by atoms with Crippen LogP contribution in [0.5, 0.6) is 11.5 Å². The number of sulfonamides is 1. The largest absolute Gasteiger partial charge is 0.492 e. The molecule has 1 aliphatic heterocycles. The van der Waals surface area contributed by atoms with E-state index in [4.69, 9.17) is 21.1 Å². The van der Waals surface area contributed by atoms with Crippen molar-refractivity contribution in [1.29, 1.82) is 0 Å². The smallest absolute Gasteiger partial charge is 0.289 e. The van der Waals surface area contributed by atoms with Crippen molar-refractivity contribution in [2.45, 2.75) is 31.3 Å². The Morgan fingerprint density at radius 2 is 2.11 bits per heavy atom. The van der Waals surface area contributed by atoms with Crippen molar-refractivity contribution in [3.63, 3.8) is 0 Å². The summed E-state index contributed by atoms with van der Waals surface area (Å²) >= 11 is 5.75. The van der Waals surface area contributed by atoms with Gasteiger partial charge in [-0.1, -0.05) is 11.6 Å². The van der Waals surface area contributed by atoms with Crippen LogP contribution in [0.3, 0.4) is 0 Å². The van der Waals surface area contributed by atoms with Crippen molar-refractivity contribution in [2.75, 3.05) is 11.3 Å². The number of nitrogens with zero attached hydrogens (tertiary/aromatic N) is 1. The normalized spacial score (nSPS) is 15.7. The first-order valence-electron chi connectivity index (χ1n) is 8.14. The summed E-state index contributed by atoms with van der Waals surface area (Å²) in [6, 6.07) is 6.59. The Morgan fingerprint density at radius 3 is 2.78 bits per heavy atom. The number of rotatable bonds is 6. The maximum absolute atomic E-state index is 12.7. The lowest BCUT2D eigenvalue weighted by molar-refractivity contribution is -0.384. The fourth-order valence-corrected chi connectivity index (χ4v) is 4.06. The highest BCUT2D eigenvalue weighted by Gasteiger charge is 2.25. The molecule has 3 rings (SSSR count). The summed E-state index contributed by atoms with van der Waals surface area (Å²) in [6.07, 6.45) is 0.687. The van der Waals surface area contributed by atoms with Crippen LogP contribution in [0.2, 0.25) is 5.02 Å². The van der Waals surface area contributed by atoms with E-state index in [2.05, 4.69) is 4.72 Å². The minimum Gasteiger partial charge on any atom is -0.492 e. The topological polar surface area (TPSA) is 108 Å². The van der Waals surface area contributed by atoms with Crippen molar-refractivity contribution in [3.8, 4) is 11.5 Å². The van der Waals surface area contributed by atoms with Crippen LogP contribution in [0.1, 0.15) is 19.4 Å². The minimum absolute atomic E-state index is 0.0137. The predicted molar refractivity (Wildman–Crippen MR) is 100 cm³/mol. The van der Waals surface area contributed by atoms with E-state index in [0.717, 1.165) is 11.6 Å². The number of nitro groups is 1. The van der Waals surface area contributed by atoms with E-state index in [-0.39, 0.29) is 21.7 Å². The number of nitrogens with one attached hydrogen (secondary N) is 1. The van der Waals surface area contributed by atoms with Gasteiger partial charge in [0.1, 0.15) is 22.6 Å². The van der Waals surface area contributed by atoms with E-state index in [1.807, 2.05) is 6.92 Å². The molecule has 0 spiro atoms. The Morgan fingerprint density at radius 1 is 1.37 bits per heavy atom. The molecule has 8 nitrogen and oxygen atoms in total. The minimum atomic E-state index is -4.11. The number of hydrogen-bond donors (Lipinski definition) is 1. The number of ether oxygens (including phenoxy) is 2. The summed E-state index contributed by atoms with van der Waals surface area (Å²) in [7, 11) is -4.11. The van der Waals surface area contributed by atoms with Crippen LogP contribution in [0, 0.1) is 10.1 Å². The first-order chi connectivity index (χ1) is 12.7. The number of halogens is 1. The fraction of sp³-hybridized carbons (Fsp3) is 0.294. The molecule has 10 heteroatoms. The van der Waals surface area contributed by atoms with Crippen LogP contribution in [-0.2, 0) is 16.4 Å². The highest BCUT2D eigenvalue weighted by atomic mass is 35.5. The molecule has 1 atom stereocenters. The first-order valence-corrected chi connectivity index (χ1v) is 10.0. The number of hydrogen-bond acceptors (Lipinski definition) is 6. The SMILES string of the molecule is CCOc1cc2c(cc1NS(=O)(=O)c1ccc(Cl)c([N+](=O)[O-])c1)OC(C)C2. The molecular formula is C17H17ClN2O6S. The quantitative estimate of drug-likeness (QED) is 0.571. The zero-order valence-electron chi connectivity index (χ0n) is 14.6. The Labute approximate surface area is 161 Å². The van der Waals surface area contributed by atoms with Gasteiger partial charge in [0.15, 0.2) is 0 Å². The molecule has 27 heavy (non-hydrogen) atoms. The summed E-state index contributed by atoms with van der Waals surface area (Å²) < 4.78 is 39.1. The Hall–Kier alpha value is -2.52. The van der Waals surface area contributed by atoms with Crippen molar-refractivity contribution >= 4 is 33.0 Å². The highest BCUT2D eigenvalue weighted by Crippen LogP contribution is 2.39. The Kier molecular flexibility index (Phi) is 5.16. The molecule has 0 saturated carbocycles. The predicted octanol–water partition coefficient (Wildman–Crippen LogP) is 3.77. The molecule has 0 aliphatic carbocycles. The second-order valence-electron chi connectivity index (χ2n) is 6.00. The van der Waals surface area contributed by atoms with Crippen molar-refractivity contribution < 1.29 is 22.8 Å². The second-order valence-corrected chi connectivity index (χ2v) is 8.09. The Bertz CT molecular complexity index is 1010. The van der Waals surface area contributed by atoms with Gasteiger partial charge in [-0.2, -0.15) is 0 Å². The molecule has 0 radical (unpaired) electrons. The van der Waals surface area contributed by atoms with Gasteiger partial charge in [0.05, 0.1) is 22.1 Å². The third kappa shape index (κ3) is 3.93. The van der Waals surface area contributed by atoms with E-state index < -0.39 is 20.6 Å². The van der Waals surface area contributed by atoms with Gasteiger partial charge in [-0.3, -0.25) is 14.8 Å². The van der Waals surface area contributed by atoms with Crippen molar-refractivity contribution in [2.24, 2.45) is 0 Å². The first kappa shape index (κ1) is 19.2. The van der Waals surface area contributed by atoms with E-state index in [0.29, 0.717) is 24.5 Å². The third-order valence-electron chi connectivity index (χ3n) is 3.97. The van der Waals surface area contributed by atoms with Crippen LogP contribution < -0.4 is 14.2 Å². The molecule has 1 N–H and O–H groups in total. The Balaban J connectivity index is 2.00. The van der Waals surface area contributed by atoms with Gasteiger partial charge in [0.2, 0.25) is 0 Å². The van der Waals surface area contributed by atoms with Gasteiger partial charge in [0, 0.05) is 24.1 Å². The lowest BCUT2D eigenvalue weighted by Crippen LogP contribution is -2.14. The molecule has 0 saturated heterocycles. The summed E-state index contributed by atoms with van der Waals surface area (Å²) in [5.74, 6) is 0.937. The number of benzene rings is 2. The molecule has 144 valence electrons.